The molecule has 2 aliphatic carbocycles. The number of hydrogen-bond donors (Lipinski definition) is 1. The molecule has 14 rings (SSSR count). The van der Waals surface area contributed by atoms with E-state index in [4.69, 9.17) is 4.42 Å². The largest absolute Gasteiger partial charge is 0.464 e. The second kappa shape index (κ2) is 14.2. The number of nitrogens with zero attached hydrogens (tertiary/aromatic N) is 1. The van der Waals surface area contributed by atoms with Crippen LogP contribution in [0.3, 0.4) is 0 Å². The van der Waals surface area contributed by atoms with Crippen molar-refractivity contribution in [3.63, 3.8) is 0 Å². The standard InChI is InChI=1S/C65H56BN2OS/c1-62(2,3)37-23-25-38(26-24-37)67-51-32-47-41(39-19-13-15-21-46(39)65(47,8)9)29-43(51)56-57-40-20-14-16-22-55(40)70-61(57)58-44-30-48-49(64(6,7)28-27-63(48,4)5)33-52(44)68-53-31-42-45(36-17-11-10-12-18-36)35-69-54(42)34-50(53)66-59(56)60(58)68/h10-26,29-35,67H,27-28H2,1-9H3. The van der Waals surface area contributed by atoms with Gasteiger partial charge in [-0.25, -0.2) is 0 Å². The lowest BCUT2D eigenvalue weighted by atomic mass is 9.58. The van der Waals surface area contributed by atoms with Gasteiger partial charge in [0.15, 0.2) is 7.28 Å². The smallest absolute Gasteiger partial charge is 0.198 e. The van der Waals surface area contributed by atoms with Crippen molar-refractivity contribution in [1.82, 2.24) is 4.57 Å². The van der Waals surface area contributed by atoms with E-state index in [9.17, 15) is 0 Å². The van der Waals surface area contributed by atoms with Crippen LogP contribution in [0.2, 0.25) is 0 Å². The Kier molecular flexibility index (Phi) is 8.52. The summed E-state index contributed by atoms with van der Waals surface area (Å²) in [6.45, 7) is 21.5. The van der Waals surface area contributed by atoms with Crippen molar-refractivity contribution >= 4 is 93.9 Å². The molecule has 5 heteroatoms. The highest BCUT2D eigenvalue weighted by molar-refractivity contribution is 7.27. The summed E-state index contributed by atoms with van der Waals surface area (Å²) in [5.41, 5.74) is 23.6. The number of rotatable bonds is 4. The Hall–Kier alpha value is -6.82. The molecule has 0 spiro atoms. The fourth-order valence-electron chi connectivity index (χ4n) is 12.9. The van der Waals surface area contributed by atoms with Crippen LogP contribution in [-0.4, -0.2) is 11.8 Å². The van der Waals surface area contributed by atoms with Gasteiger partial charge in [-0.15, -0.1) is 11.3 Å². The SMILES string of the molecule is CC(C)(C)c1ccc(Nc2cc3c(cc2-c2c4c5c(c6cc7c(cc6n5-c5cc6c(-c8ccccc8)coc6cc5[B]4)C(C)(C)CCC7(C)C)c4sc5ccccc5c24)-c2ccccc2C3(C)C)cc1. The minimum Gasteiger partial charge on any atom is -0.464 e. The van der Waals surface area contributed by atoms with Gasteiger partial charge >= 0.3 is 0 Å². The molecule has 3 aromatic heterocycles. The molecule has 0 bridgehead atoms. The quantitative estimate of drug-likeness (QED) is 0.178. The molecule has 1 N–H and O–H groups in total. The van der Waals surface area contributed by atoms with Crippen LogP contribution in [-0.2, 0) is 21.7 Å². The number of nitrogens with one attached hydrogen (secondary N) is 1. The predicted octanol–water partition coefficient (Wildman–Crippen LogP) is 16.9. The molecule has 0 unspecified atom stereocenters. The number of fused-ring (bicyclic) bond motifs is 14. The van der Waals surface area contributed by atoms with E-state index < -0.39 is 0 Å². The van der Waals surface area contributed by atoms with Gasteiger partial charge in [0, 0.05) is 69.9 Å². The number of aromatic nitrogens is 1. The number of anilines is 2. The van der Waals surface area contributed by atoms with Gasteiger partial charge in [0.05, 0.1) is 17.3 Å². The molecule has 0 fully saturated rings. The Labute approximate surface area is 415 Å². The molecule has 0 atom stereocenters. The zero-order valence-corrected chi connectivity index (χ0v) is 42.4. The zero-order valence-electron chi connectivity index (χ0n) is 41.6. The van der Waals surface area contributed by atoms with Gasteiger partial charge in [-0.3, -0.25) is 0 Å². The average Bonchev–Trinajstić information content (AvgIpc) is 4.09. The molecule has 0 amide bonds. The van der Waals surface area contributed by atoms with Crippen molar-refractivity contribution in [2.75, 3.05) is 5.32 Å². The van der Waals surface area contributed by atoms with Crippen molar-refractivity contribution in [3.05, 3.63) is 174 Å². The van der Waals surface area contributed by atoms with Crippen LogP contribution in [0, 0.1) is 0 Å². The highest BCUT2D eigenvalue weighted by atomic mass is 32.1. The third kappa shape index (κ3) is 5.82. The van der Waals surface area contributed by atoms with E-state index in [0.717, 1.165) is 51.8 Å². The van der Waals surface area contributed by atoms with Gasteiger partial charge in [0.2, 0.25) is 0 Å². The van der Waals surface area contributed by atoms with Gasteiger partial charge in [-0.05, 0) is 139 Å². The van der Waals surface area contributed by atoms with Crippen LogP contribution in [0.1, 0.15) is 103 Å². The molecule has 1 radical (unpaired) electrons. The first-order valence-electron chi connectivity index (χ1n) is 25.2. The average molecular weight is 924 g/mol. The predicted molar refractivity (Wildman–Crippen MR) is 301 cm³/mol. The van der Waals surface area contributed by atoms with Crippen molar-refractivity contribution in [2.24, 2.45) is 0 Å². The molecule has 11 aromatic rings. The molecule has 8 aromatic carbocycles. The summed E-state index contributed by atoms with van der Waals surface area (Å²) in [5.74, 6) is 0. The molecule has 3 aliphatic rings. The number of benzene rings is 8. The lowest BCUT2D eigenvalue weighted by Crippen LogP contribution is -2.37. The second-order valence-electron chi connectivity index (χ2n) is 23.5. The maximum atomic E-state index is 6.53. The van der Waals surface area contributed by atoms with Gasteiger partial charge < -0.3 is 14.3 Å². The van der Waals surface area contributed by atoms with E-state index in [0.29, 0.717) is 0 Å². The maximum absolute atomic E-state index is 6.53. The van der Waals surface area contributed by atoms with Crippen molar-refractivity contribution in [3.8, 4) is 39.1 Å². The molecular formula is C65H56BN2OS. The minimum atomic E-state index is -0.176. The Morgan fingerprint density at radius 3 is 2.10 bits per heavy atom. The van der Waals surface area contributed by atoms with E-state index in [2.05, 4.69) is 219 Å². The summed E-state index contributed by atoms with van der Waals surface area (Å²) >= 11 is 1.96. The molecule has 70 heavy (non-hydrogen) atoms. The Morgan fingerprint density at radius 2 is 1.33 bits per heavy atom. The molecule has 341 valence electrons. The van der Waals surface area contributed by atoms with Crippen molar-refractivity contribution < 1.29 is 4.42 Å². The Morgan fingerprint density at radius 1 is 0.614 bits per heavy atom. The van der Waals surface area contributed by atoms with E-state index in [1.165, 1.54) is 103 Å². The summed E-state index contributed by atoms with van der Waals surface area (Å²) in [5, 5.41) is 10.5. The molecule has 3 nitrogen and oxygen atoms in total. The summed E-state index contributed by atoms with van der Waals surface area (Å²) < 4.78 is 11.8. The Balaban J connectivity index is 1.16. The van der Waals surface area contributed by atoms with Gasteiger partial charge in [-0.1, -0.05) is 153 Å². The molecule has 4 heterocycles. The molecule has 0 saturated carbocycles. The highest BCUT2D eigenvalue weighted by Crippen LogP contribution is 2.56. The van der Waals surface area contributed by atoms with Gasteiger partial charge in [0.25, 0.3) is 0 Å². The van der Waals surface area contributed by atoms with Crippen LogP contribution in [0.15, 0.2) is 150 Å². The van der Waals surface area contributed by atoms with Crippen LogP contribution in [0.4, 0.5) is 11.4 Å². The maximum Gasteiger partial charge on any atom is 0.198 e. The summed E-state index contributed by atoms with van der Waals surface area (Å²) in [7, 11) is 2.50. The monoisotopic (exact) mass is 923 g/mol. The highest BCUT2D eigenvalue weighted by Gasteiger charge is 2.41. The van der Waals surface area contributed by atoms with Gasteiger partial charge in [0.1, 0.15) is 5.58 Å². The van der Waals surface area contributed by atoms with Crippen LogP contribution >= 0.6 is 11.3 Å². The summed E-state index contributed by atoms with van der Waals surface area (Å²) in [4.78, 5) is 0. The third-order valence-corrected chi connectivity index (χ3v) is 18.1. The van der Waals surface area contributed by atoms with Crippen molar-refractivity contribution in [1.29, 1.82) is 0 Å². The van der Waals surface area contributed by atoms with E-state index >= 15 is 0 Å². The van der Waals surface area contributed by atoms with E-state index in [1.54, 1.807) is 0 Å². The first kappa shape index (κ1) is 42.1. The third-order valence-electron chi connectivity index (χ3n) is 16.9. The number of hydrogen-bond acceptors (Lipinski definition) is 3. The zero-order chi connectivity index (χ0) is 47.8. The van der Waals surface area contributed by atoms with Crippen LogP contribution < -0.4 is 16.2 Å². The number of thiophene rings is 1. The minimum absolute atomic E-state index is 0.0372. The van der Waals surface area contributed by atoms with Gasteiger partial charge in [-0.2, -0.15) is 0 Å². The topological polar surface area (TPSA) is 30.1 Å². The molecule has 0 saturated heterocycles. The van der Waals surface area contributed by atoms with Crippen LogP contribution in [0.5, 0.6) is 0 Å². The lowest BCUT2D eigenvalue weighted by molar-refractivity contribution is 0.332. The fraction of sp³-hybridized carbons (Fsp3) is 0.231. The number of furan rings is 1. The fourth-order valence-corrected chi connectivity index (χ4v) is 14.1. The second-order valence-corrected chi connectivity index (χ2v) is 24.5. The summed E-state index contributed by atoms with van der Waals surface area (Å²) in [6, 6.07) is 53.0. The van der Waals surface area contributed by atoms with Crippen LogP contribution in [0.25, 0.3) is 92.0 Å². The van der Waals surface area contributed by atoms with E-state index in [-0.39, 0.29) is 21.7 Å². The molecule has 1 aliphatic heterocycles. The van der Waals surface area contributed by atoms with E-state index in [1.807, 2.05) is 17.6 Å². The van der Waals surface area contributed by atoms with Crippen molar-refractivity contribution in [2.45, 2.75) is 96.8 Å². The Bertz CT molecular complexity index is 4060. The molecular weight excluding hydrogens is 868 g/mol. The lowest BCUT2D eigenvalue weighted by Gasteiger charge is -2.42. The first-order chi connectivity index (χ1) is 33.6. The first-order valence-corrected chi connectivity index (χ1v) is 26.0. The summed E-state index contributed by atoms with van der Waals surface area (Å²) in [6.07, 6.45) is 4.27. The normalized spacial score (nSPS) is 16.1.